The SMILES string of the molecule is Fc1c(F)c(C#Cc2ccncc2)c(F)c(F)c1C#Cc1ccncc1. The van der Waals surface area contributed by atoms with Crippen LogP contribution in [0.2, 0.25) is 0 Å². The summed E-state index contributed by atoms with van der Waals surface area (Å²) in [5, 5.41) is 0. The Morgan fingerprint density at radius 3 is 1.12 bits per heavy atom. The largest absolute Gasteiger partial charge is 0.265 e. The maximum atomic E-state index is 14.2. The van der Waals surface area contributed by atoms with Crippen LogP contribution in [0.25, 0.3) is 0 Å². The summed E-state index contributed by atoms with van der Waals surface area (Å²) in [7, 11) is 0. The van der Waals surface area contributed by atoms with Crippen molar-refractivity contribution < 1.29 is 17.6 Å². The lowest BCUT2D eigenvalue weighted by Gasteiger charge is -2.04. The van der Waals surface area contributed by atoms with Gasteiger partial charge in [0.05, 0.1) is 0 Å². The monoisotopic (exact) mass is 352 g/mol. The molecule has 3 rings (SSSR count). The van der Waals surface area contributed by atoms with Gasteiger partial charge in [0, 0.05) is 35.9 Å². The van der Waals surface area contributed by atoms with E-state index < -0.39 is 34.4 Å². The van der Waals surface area contributed by atoms with Gasteiger partial charge in [0.1, 0.15) is 11.1 Å². The molecule has 0 aliphatic heterocycles. The molecule has 2 aromatic heterocycles. The van der Waals surface area contributed by atoms with Gasteiger partial charge in [-0.1, -0.05) is 23.7 Å². The number of nitrogens with zero attached hydrogens (tertiary/aromatic N) is 2. The van der Waals surface area contributed by atoms with E-state index in [2.05, 4.69) is 33.6 Å². The molecule has 0 radical (unpaired) electrons. The summed E-state index contributed by atoms with van der Waals surface area (Å²) in [6.45, 7) is 0. The highest BCUT2D eigenvalue weighted by Crippen LogP contribution is 2.23. The normalized spacial score (nSPS) is 9.69. The minimum Gasteiger partial charge on any atom is -0.265 e. The Morgan fingerprint density at radius 1 is 0.500 bits per heavy atom. The van der Waals surface area contributed by atoms with Gasteiger partial charge in [0.25, 0.3) is 0 Å². The lowest BCUT2D eigenvalue weighted by Crippen LogP contribution is -2.04. The first kappa shape index (κ1) is 17.2. The Hall–Kier alpha value is -3.64. The lowest BCUT2D eigenvalue weighted by molar-refractivity contribution is 0.447. The molecule has 26 heavy (non-hydrogen) atoms. The highest BCUT2D eigenvalue weighted by atomic mass is 19.2. The second kappa shape index (κ2) is 7.50. The standard InChI is InChI=1S/C20H8F4N2/c21-17-15(3-1-13-5-9-25-10-6-13)18(22)20(24)16(19(17)23)4-2-14-7-11-26-12-8-14/h5-12H. The molecule has 0 fully saturated rings. The molecule has 0 unspecified atom stereocenters. The maximum Gasteiger partial charge on any atom is 0.178 e. The number of hydrogen-bond donors (Lipinski definition) is 0. The minimum atomic E-state index is -1.59. The van der Waals surface area contributed by atoms with Crippen molar-refractivity contribution in [1.82, 2.24) is 9.97 Å². The van der Waals surface area contributed by atoms with Gasteiger partial charge < -0.3 is 0 Å². The van der Waals surface area contributed by atoms with Crippen LogP contribution in [-0.2, 0) is 0 Å². The number of pyridine rings is 2. The zero-order valence-electron chi connectivity index (χ0n) is 13.0. The molecule has 0 atom stereocenters. The number of halogens is 4. The fourth-order valence-corrected chi connectivity index (χ4v) is 1.99. The van der Waals surface area contributed by atoms with E-state index in [0.717, 1.165) is 0 Å². The predicted molar refractivity (Wildman–Crippen MR) is 86.7 cm³/mol. The molecule has 0 saturated heterocycles. The molecule has 3 aromatic rings. The molecule has 0 N–H and O–H groups in total. The molecular weight excluding hydrogens is 344 g/mol. The molecule has 6 heteroatoms. The lowest BCUT2D eigenvalue weighted by atomic mass is 10.1. The third-order valence-corrected chi connectivity index (χ3v) is 3.29. The van der Waals surface area contributed by atoms with Crippen LogP contribution in [0.3, 0.4) is 0 Å². The first-order valence-corrected chi connectivity index (χ1v) is 7.28. The molecule has 0 amide bonds. The van der Waals surface area contributed by atoms with Gasteiger partial charge in [-0.2, -0.15) is 0 Å². The zero-order chi connectivity index (χ0) is 18.5. The van der Waals surface area contributed by atoms with Crippen molar-refractivity contribution in [3.63, 3.8) is 0 Å². The van der Waals surface area contributed by atoms with Gasteiger partial charge in [0.2, 0.25) is 0 Å². The minimum absolute atomic E-state index is 0.390. The highest BCUT2D eigenvalue weighted by Gasteiger charge is 2.23. The van der Waals surface area contributed by atoms with Crippen LogP contribution < -0.4 is 0 Å². The molecule has 0 aliphatic rings. The van der Waals surface area contributed by atoms with Gasteiger partial charge in [-0.3, -0.25) is 9.97 Å². The van der Waals surface area contributed by atoms with Crippen molar-refractivity contribution in [2.45, 2.75) is 0 Å². The van der Waals surface area contributed by atoms with Crippen molar-refractivity contribution >= 4 is 0 Å². The molecule has 0 aliphatic carbocycles. The molecule has 0 spiro atoms. The van der Waals surface area contributed by atoms with Crippen LogP contribution in [0.4, 0.5) is 17.6 Å². The number of rotatable bonds is 0. The quantitative estimate of drug-likeness (QED) is 0.349. The van der Waals surface area contributed by atoms with Crippen molar-refractivity contribution in [2.24, 2.45) is 0 Å². The van der Waals surface area contributed by atoms with Crippen LogP contribution in [0.5, 0.6) is 0 Å². The van der Waals surface area contributed by atoms with E-state index in [1.54, 1.807) is 0 Å². The average Bonchev–Trinajstić information content (AvgIpc) is 2.68. The van der Waals surface area contributed by atoms with E-state index in [1.165, 1.54) is 49.1 Å². The van der Waals surface area contributed by atoms with Crippen molar-refractivity contribution in [3.8, 4) is 23.7 Å². The Labute approximate surface area is 146 Å². The third kappa shape index (κ3) is 3.55. The molecule has 0 bridgehead atoms. The summed E-state index contributed by atoms with van der Waals surface area (Å²) >= 11 is 0. The maximum absolute atomic E-state index is 14.2. The van der Waals surface area contributed by atoms with E-state index >= 15 is 0 Å². The molecule has 126 valence electrons. The van der Waals surface area contributed by atoms with Gasteiger partial charge in [0.15, 0.2) is 23.3 Å². The Balaban J connectivity index is 2.06. The Bertz CT molecular complexity index is 956. The fourth-order valence-electron chi connectivity index (χ4n) is 1.99. The van der Waals surface area contributed by atoms with E-state index in [9.17, 15) is 17.6 Å². The van der Waals surface area contributed by atoms with Gasteiger partial charge in [-0.05, 0) is 24.3 Å². The van der Waals surface area contributed by atoms with Crippen LogP contribution in [0.1, 0.15) is 22.3 Å². The summed E-state index contributed by atoms with van der Waals surface area (Å²) < 4.78 is 56.6. The molecular formula is C20H8F4N2. The Kier molecular flexibility index (Phi) is 4.96. The van der Waals surface area contributed by atoms with Crippen LogP contribution >= 0.6 is 0 Å². The molecule has 2 nitrogen and oxygen atoms in total. The number of benzene rings is 1. The van der Waals surface area contributed by atoms with Gasteiger partial charge in [-0.25, -0.2) is 17.6 Å². The van der Waals surface area contributed by atoms with Crippen LogP contribution in [-0.4, -0.2) is 9.97 Å². The first-order valence-electron chi connectivity index (χ1n) is 7.28. The predicted octanol–water partition coefficient (Wildman–Crippen LogP) is 3.83. The second-order valence-corrected chi connectivity index (χ2v) is 4.98. The van der Waals surface area contributed by atoms with E-state index in [0.29, 0.717) is 11.1 Å². The smallest absolute Gasteiger partial charge is 0.178 e. The van der Waals surface area contributed by atoms with Crippen LogP contribution in [0, 0.1) is 47.0 Å². The van der Waals surface area contributed by atoms with Crippen molar-refractivity contribution in [3.05, 3.63) is 94.6 Å². The molecule has 2 heterocycles. The zero-order valence-corrected chi connectivity index (χ0v) is 13.0. The summed E-state index contributed by atoms with van der Waals surface area (Å²) in [5.41, 5.74) is -1.21. The number of hydrogen-bond acceptors (Lipinski definition) is 2. The fraction of sp³-hybridized carbons (Fsp3) is 0. The second-order valence-electron chi connectivity index (χ2n) is 4.98. The Morgan fingerprint density at radius 2 is 0.808 bits per heavy atom. The summed E-state index contributed by atoms with van der Waals surface area (Å²) in [6, 6.07) is 5.96. The summed E-state index contributed by atoms with van der Waals surface area (Å²) in [4.78, 5) is 7.53. The van der Waals surface area contributed by atoms with Gasteiger partial charge in [-0.15, -0.1) is 0 Å². The third-order valence-electron chi connectivity index (χ3n) is 3.29. The van der Waals surface area contributed by atoms with Crippen LogP contribution in [0.15, 0.2) is 49.1 Å². The van der Waals surface area contributed by atoms with Crippen molar-refractivity contribution in [2.75, 3.05) is 0 Å². The summed E-state index contributed by atoms with van der Waals surface area (Å²) in [5.74, 6) is 2.72. The summed E-state index contributed by atoms with van der Waals surface area (Å²) in [6.07, 6.45) is 5.71. The van der Waals surface area contributed by atoms with E-state index in [-0.39, 0.29) is 0 Å². The first-order chi connectivity index (χ1) is 12.6. The van der Waals surface area contributed by atoms with Crippen molar-refractivity contribution in [1.29, 1.82) is 0 Å². The highest BCUT2D eigenvalue weighted by molar-refractivity contribution is 5.50. The molecule has 0 saturated carbocycles. The van der Waals surface area contributed by atoms with E-state index in [4.69, 9.17) is 0 Å². The van der Waals surface area contributed by atoms with Gasteiger partial charge >= 0.3 is 0 Å². The number of aromatic nitrogens is 2. The molecule has 1 aromatic carbocycles. The average molecular weight is 352 g/mol. The van der Waals surface area contributed by atoms with E-state index in [1.807, 2.05) is 0 Å². The topological polar surface area (TPSA) is 25.8 Å².